The average molecular weight is 266 g/mol. The second-order valence-corrected chi connectivity index (χ2v) is 5.32. The zero-order valence-electron chi connectivity index (χ0n) is 10.8. The van der Waals surface area contributed by atoms with Crippen LogP contribution < -0.4 is 0 Å². The molecule has 5 nitrogen and oxygen atoms in total. The van der Waals surface area contributed by atoms with E-state index >= 15 is 0 Å². The summed E-state index contributed by atoms with van der Waals surface area (Å²) >= 11 is 1.69. The summed E-state index contributed by atoms with van der Waals surface area (Å²) in [6.45, 7) is 4.21. The Kier molecular flexibility index (Phi) is 4.54. The summed E-state index contributed by atoms with van der Waals surface area (Å²) in [6, 6.07) is 1.94. The SMILES string of the molecule is Cc1cc2nnc(SCCCCCO)n2c(C)n1. The zero-order valence-corrected chi connectivity index (χ0v) is 11.6. The van der Waals surface area contributed by atoms with Crippen LogP contribution >= 0.6 is 11.8 Å². The van der Waals surface area contributed by atoms with Crippen molar-refractivity contribution in [3.63, 3.8) is 0 Å². The molecule has 0 aliphatic heterocycles. The van der Waals surface area contributed by atoms with Gasteiger partial charge in [-0.25, -0.2) is 4.98 Å². The highest BCUT2D eigenvalue weighted by molar-refractivity contribution is 7.99. The maximum Gasteiger partial charge on any atom is 0.197 e. The molecule has 2 aromatic rings. The molecule has 0 atom stereocenters. The van der Waals surface area contributed by atoms with Gasteiger partial charge in [-0.2, -0.15) is 0 Å². The first-order chi connectivity index (χ1) is 8.72. The van der Waals surface area contributed by atoms with Crippen molar-refractivity contribution in [2.24, 2.45) is 0 Å². The summed E-state index contributed by atoms with van der Waals surface area (Å²) < 4.78 is 1.99. The number of aliphatic hydroxyl groups is 1. The molecule has 0 saturated heterocycles. The second kappa shape index (κ2) is 6.15. The molecule has 0 radical (unpaired) electrons. The minimum absolute atomic E-state index is 0.279. The largest absolute Gasteiger partial charge is 0.396 e. The molecule has 0 bridgehead atoms. The molecule has 0 spiro atoms. The highest BCUT2D eigenvalue weighted by atomic mass is 32.2. The lowest BCUT2D eigenvalue weighted by Gasteiger charge is -2.03. The van der Waals surface area contributed by atoms with Gasteiger partial charge in [-0.3, -0.25) is 4.40 Å². The number of rotatable bonds is 6. The third-order valence-electron chi connectivity index (χ3n) is 2.69. The molecule has 6 heteroatoms. The Bertz CT molecular complexity index is 526. The molecular formula is C12H18N4OS. The van der Waals surface area contributed by atoms with Crippen molar-refractivity contribution in [3.8, 4) is 0 Å². The molecule has 0 saturated carbocycles. The van der Waals surface area contributed by atoms with Gasteiger partial charge in [0.25, 0.3) is 0 Å². The number of thioether (sulfide) groups is 1. The fourth-order valence-corrected chi connectivity index (χ4v) is 2.84. The Morgan fingerprint density at radius 1 is 1.22 bits per heavy atom. The first-order valence-electron chi connectivity index (χ1n) is 6.15. The molecule has 0 aliphatic carbocycles. The first kappa shape index (κ1) is 13.3. The summed E-state index contributed by atoms with van der Waals surface area (Å²) in [4.78, 5) is 4.43. The van der Waals surface area contributed by atoms with Crippen LogP contribution in [0.5, 0.6) is 0 Å². The maximum absolute atomic E-state index is 8.71. The zero-order chi connectivity index (χ0) is 13.0. The van der Waals surface area contributed by atoms with Gasteiger partial charge in [-0.05, 0) is 26.7 Å². The summed E-state index contributed by atoms with van der Waals surface area (Å²) in [7, 11) is 0. The number of nitrogens with zero attached hydrogens (tertiary/aromatic N) is 4. The molecular weight excluding hydrogens is 248 g/mol. The van der Waals surface area contributed by atoms with E-state index in [0.717, 1.165) is 47.3 Å². The first-order valence-corrected chi connectivity index (χ1v) is 7.14. The van der Waals surface area contributed by atoms with Crippen molar-refractivity contribution in [2.45, 2.75) is 38.3 Å². The van der Waals surface area contributed by atoms with Gasteiger partial charge in [0, 0.05) is 24.1 Å². The Morgan fingerprint density at radius 3 is 2.83 bits per heavy atom. The standard InChI is InChI=1S/C12H18N4OS/c1-9-8-11-14-15-12(16(11)10(2)13-9)18-7-5-3-4-6-17/h8,17H,3-7H2,1-2H3. The van der Waals surface area contributed by atoms with Crippen molar-refractivity contribution in [3.05, 3.63) is 17.6 Å². The monoisotopic (exact) mass is 266 g/mol. The molecule has 2 heterocycles. The van der Waals surface area contributed by atoms with Crippen molar-refractivity contribution in [2.75, 3.05) is 12.4 Å². The van der Waals surface area contributed by atoms with Crippen molar-refractivity contribution >= 4 is 17.4 Å². The Hall–Kier alpha value is -1.14. The molecule has 2 rings (SSSR count). The van der Waals surface area contributed by atoms with Crippen LogP contribution in [0.1, 0.15) is 30.8 Å². The lowest BCUT2D eigenvalue weighted by Crippen LogP contribution is -1.99. The van der Waals surface area contributed by atoms with Gasteiger partial charge in [0.1, 0.15) is 5.82 Å². The lowest BCUT2D eigenvalue weighted by molar-refractivity contribution is 0.284. The highest BCUT2D eigenvalue weighted by Gasteiger charge is 2.09. The van der Waals surface area contributed by atoms with Gasteiger partial charge in [-0.1, -0.05) is 18.2 Å². The Morgan fingerprint density at radius 2 is 2.06 bits per heavy atom. The van der Waals surface area contributed by atoms with Crippen LogP contribution in [0.15, 0.2) is 11.2 Å². The van der Waals surface area contributed by atoms with Crippen LogP contribution in [0, 0.1) is 13.8 Å². The van der Waals surface area contributed by atoms with Crippen LogP contribution in [0.25, 0.3) is 5.65 Å². The molecule has 0 aromatic carbocycles. The molecule has 98 valence electrons. The van der Waals surface area contributed by atoms with Gasteiger partial charge >= 0.3 is 0 Å². The fraction of sp³-hybridized carbons (Fsp3) is 0.583. The van der Waals surface area contributed by atoms with Gasteiger partial charge in [0.2, 0.25) is 0 Å². The molecule has 2 aromatic heterocycles. The van der Waals surface area contributed by atoms with E-state index in [2.05, 4.69) is 15.2 Å². The molecule has 0 fully saturated rings. The number of aryl methyl sites for hydroxylation is 2. The summed E-state index contributed by atoms with van der Waals surface area (Å²) in [5.41, 5.74) is 1.82. The normalized spacial score (nSPS) is 11.3. The molecule has 0 unspecified atom stereocenters. The van der Waals surface area contributed by atoms with E-state index in [4.69, 9.17) is 5.11 Å². The number of hydrogen-bond acceptors (Lipinski definition) is 5. The number of aliphatic hydroxyl groups excluding tert-OH is 1. The number of aromatic nitrogens is 4. The quantitative estimate of drug-likeness (QED) is 0.640. The predicted molar refractivity (Wildman–Crippen MR) is 71.9 cm³/mol. The van der Waals surface area contributed by atoms with E-state index in [0.29, 0.717) is 0 Å². The van der Waals surface area contributed by atoms with Gasteiger partial charge in [0.05, 0.1) is 0 Å². The van der Waals surface area contributed by atoms with Gasteiger partial charge in [-0.15, -0.1) is 10.2 Å². The number of fused-ring (bicyclic) bond motifs is 1. The van der Waals surface area contributed by atoms with Crippen molar-refractivity contribution < 1.29 is 5.11 Å². The van der Waals surface area contributed by atoms with Gasteiger partial charge < -0.3 is 5.11 Å². The van der Waals surface area contributed by atoms with E-state index in [1.165, 1.54) is 0 Å². The molecule has 1 N–H and O–H groups in total. The minimum atomic E-state index is 0.279. The molecule has 18 heavy (non-hydrogen) atoms. The average Bonchev–Trinajstić information content (AvgIpc) is 2.72. The molecule has 0 aliphatic rings. The Balaban J connectivity index is 2.05. The topological polar surface area (TPSA) is 63.3 Å². The van der Waals surface area contributed by atoms with E-state index in [1.54, 1.807) is 11.8 Å². The third-order valence-corrected chi connectivity index (χ3v) is 3.71. The van der Waals surface area contributed by atoms with Crippen molar-refractivity contribution in [1.82, 2.24) is 19.6 Å². The van der Waals surface area contributed by atoms with Crippen LogP contribution in [0.2, 0.25) is 0 Å². The summed E-state index contributed by atoms with van der Waals surface area (Å²) in [5, 5.41) is 18.0. The highest BCUT2D eigenvalue weighted by Crippen LogP contribution is 2.20. The summed E-state index contributed by atoms with van der Waals surface area (Å²) in [5.74, 6) is 1.92. The second-order valence-electron chi connectivity index (χ2n) is 4.25. The molecule has 0 amide bonds. The summed E-state index contributed by atoms with van der Waals surface area (Å²) in [6.07, 6.45) is 3.01. The van der Waals surface area contributed by atoms with Crippen LogP contribution in [0.4, 0.5) is 0 Å². The van der Waals surface area contributed by atoms with Crippen LogP contribution in [-0.4, -0.2) is 37.0 Å². The predicted octanol–water partition coefficient (Wildman–Crippen LogP) is 2.00. The van der Waals surface area contributed by atoms with Crippen LogP contribution in [0.3, 0.4) is 0 Å². The number of unbranched alkanes of at least 4 members (excludes halogenated alkanes) is 2. The maximum atomic E-state index is 8.71. The number of hydrogen-bond donors (Lipinski definition) is 1. The fourth-order valence-electron chi connectivity index (χ4n) is 1.85. The Labute approximate surface area is 111 Å². The minimum Gasteiger partial charge on any atom is -0.396 e. The van der Waals surface area contributed by atoms with E-state index in [9.17, 15) is 0 Å². The van der Waals surface area contributed by atoms with Crippen molar-refractivity contribution in [1.29, 1.82) is 0 Å². The van der Waals surface area contributed by atoms with Crippen LogP contribution in [-0.2, 0) is 0 Å². The lowest BCUT2D eigenvalue weighted by atomic mass is 10.3. The van der Waals surface area contributed by atoms with Gasteiger partial charge in [0.15, 0.2) is 10.8 Å². The van der Waals surface area contributed by atoms with E-state index in [-0.39, 0.29) is 6.61 Å². The third kappa shape index (κ3) is 3.00. The van der Waals surface area contributed by atoms with E-state index < -0.39 is 0 Å². The smallest absolute Gasteiger partial charge is 0.197 e. The van der Waals surface area contributed by atoms with E-state index in [1.807, 2.05) is 24.3 Å².